The Bertz CT molecular complexity index is 554. The van der Waals surface area contributed by atoms with Crippen molar-refractivity contribution in [3.63, 3.8) is 0 Å². The number of para-hydroxylation sites is 1. The first-order valence-electron chi connectivity index (χ1n) is 5.44. The standard InChI is InChI=1S/C13H12FNO2/c1-2-7-17-13(16)10-8-12(14)15-11-6-4-3-5-9(10)11/h3-6,8H,2,7H2,1H3. The van der Waals surface area contributed by atoms with Gasteiger partial charge in [-0.2, -0.15) is 4.39 Å². The number of carbonyl (C=O) groups is 1. The van der Waals surface area contributed by atoms with Crippen LogP contribution in [0, 0.1) is 5.95 Å². The number of esters is 1. The smallest absolute Gasteiger partial charge is 0.338 e. The molecule has 17 heavy (non-hydrogen) atoms. The number of halogens is 1. The molecule has 0 spiro atoms. The molecule has 0 aliphatic heterocycles. The number of pyridine rings is 1. The number of nitrogens with zero attached hydrogens (tertiary/aromatic N) is 1. The van der Waals surface area contributed by atoms with Gasteiger partial charge >= 0.3 is 5.97 Å². The fourth-order valence-corrected chi connectivity index (χ4v) is 1.58. The molecule has 0 unspecified atom stereocenters. The van der Waals surface area contributed by atoms with E-state index in [2.05, 4.69) is 4.98 Å². The molecule has 0 aliphatic rings. The first kappa shape index (κ1) is 11.5. The lowest BCUT2D eigenvalue weighted by atomic mass is 10.1. The molecule has 2 rings (SSSR count). The van der Waals surface area contributed by atoms with Crippen molar-refractivity contribution in [2.75, 3.05) is 6.61 Å². The summed E-state index contributed by atoms with van der Waals surface area (Å²) in [4.78, 5) is 15.5. The monoisotopic (exact) mass is 233 g/mol. The Balaban J connectivity index is 2.48. The van der Waals surface area contributed by atoms with Crippen LogP contribution in [0.4, 0.5) is 4.39 Å². The maximum atomic E-state index is 13.3. The Morgan fingerprint density at radius 1 is 1.41 bits per heavy atom. The van der Waals surface area contributed by atoms with Gasteiger partial charge in [-0.15, -0.1) is 0 Å². The van der Waals surface area contributed by atoms with Crippen molar-refractivity contribution < 1.29 is 13.9 Å². The van der Waals surface area contributed by atoms with Gasteiger partial charge in [0, 0.05) is 11.5 Å². The topological polar surface area (TPSA) is 39.2 Å². The maximum Gasteiger partial charge on any atom is 0.338 e. The van der Waals surface area contributed by atoms with Crippen LogP contribution >= 0.6 is 0 Å². The van der Waals surface area contributed by atoms with Gasteiger partial charge in [0.2, 0.25) is 5.95 Å². The van der Waals surface area contributed by atoms with Gasteiger partial charge in [-0.3, -0.25) is 0 Å². The second-order valence-electron chi connectivity index (χ2n) is 3.65. The van der Waals surface area contributed by atoms with E-state index in [0.29, 0.717) is 17.5 Å². The van der Waals surface area contributed by atoms with Crippen LogP contribution in [0.1, 0.15) is 23.7 Å². The van der Waals surface area contributed by atoms with Crippen LogP contribution < -0.4 is 0 Å². The Labute approximate surface area is 98.2 Å². The molecule has 0 atom stereocenters. The molecule has 0 aliphatic carbocycles. The molecule has 0 saturated heterocycles. The van der Waals surface area contributed by atoms with Gasteiger partial charge in [0.25, 0.3) is 0 Å². The van der Waals surface area contributed by atoms with Gasteiger partial charge in [0.15, 0.2) is 0 Å². The van der Waals surface area contributed by atoms with Crippen molar-refractivity contribution in [1.29, 1.82) is 0 Å². The Hall–Kier alpha value is -1.97. The van der Waals surface area contributed by atoms with Gasteiger partial charge in [0.05, 0.1) is 17.7 Å². The van der Waals surface area contributed by atoms with Crippen LogP contribution in [0.2, 0.25) is 0 Å². The van der Waals surface area contributed by atoms with E-state index in [4.69, 9.17) is 4.74 Å². The maximum absolute atomic E-state index is 13.3. The average molecular weight is 233 g/mol. The summed E-state index contributed by atoms with van der Waals surface area (Å²) in [5, 5.41) is 0.606. The molecule has 3 nitrogen and oxygen atoms in total. The van der Waals surface area contributed by atoms with Gasteiger partial charge in [0.1, 0.15) is 0 Å². The molecule has 1 aromatic carbocycles. The summed E-state index contributed by atoms with van der Waals surface area (Å²) in [5.41, 5.74) is 0.678. The summed E-state index contributed by atoms with van der Waals surface area (Å²) in [7, 11) is 0. The predicted octanol–water partition coefficient (Wildman–Crippen LogP) is 2.94. The van der Waals surface area contributed by atoms with Crippen molar-refractivity contribution in [2.24, 2.45) is 0 Å². The van der Waals surface area contributed by atoms with Crippen molar-refractivity contribution >= 4 is 16.9 Å². The highest BCUT2D eigenvalue weighted by atomic mass is 19.1. The second-order valence-corrected chi connectivity index (χ2v) is 3.65. The third kappa shape index (κ3) is 2.41. The highest BCUT2D eigenvalue weighted by molar-refractivity contribution is 6.03. The highest BCUT2D eigenvalue weighted by Crippen LogP contribution is 2.18. The Morgan fingerprint density at radius 2 is 2.18 bits per heavy atom. The molecule has 4 heteroatoms. The third-order valence-electron chi connectivity index (χ3n) is 2.34. The Morgan fingerprint density at radius 3 is 2.94 bits per heavy atom. The van der Waals surface area contributed by atoms with Crippen LogP contribution in [0.3, 0.4) is 0 Å². The molecule has 0 amide bonds. The van der Waals surface area contributed by atoms with E-state index in [-0.39, 0.29) is 5.56 Å². The summed E-state index contributed by atoms with van der Waals surface area (Å²) >= 11 is 0. The largest absolute Gasteiger partial charge is 0.462 e. The molecule has 0 fully saturated rings. The second kappa shape index (κ2) is 4.91. The van der Waals surface area contributed by atoms with Gasteiger partial charge in [-0.25, -0.2) is 9.78 Å². The van der Waals surface area contributed by atoms with Crippen LogP contribution in [0.25, 0.3) is 10.9 Å². The van der Waals surface area contributed by atoms with Crippen LogP contribution in [0.15, 0.2) is 30.3 Å². The number of carbonyl (C=O) groups excluding carboxylic acids is 1. The first-order valence-corrected chi connectivity index (χ1v) is 5.44. The fourth-order valence-electron chi connectivity index (χ4n) is 1.58. The summed E-state index contributed by atoms with van der Waals surface area (Å²) < 4.78 is 18.3. The lowest BCUT2D eigenvalue weighted by Gasteiger charge is -2.06. The molecular formula is C13H12FNO2. The van der Waals surface area contributed by atoms with Crippen molar-refractivity contribution in [2.45, 2.75) is 13.3 Å². The third-order valence-corrected chi connectivity index (χ3v) is 2.34. The molecule has 1 aromatic heterocycles. The summed E-state index contributed by atoms with van der Waals surface area (Å²) in [5.74, 6) is -1.18. The zero-order chi connectivity index (χ0) is 12.3. The van der Waals surface area contributed by atoms with E-state index in [1.807, 2.05) is 6.92 Å². The zero-order valence-electron chi connectivity index (χ0n) is 9.44. The number of ether oxygens (including phenoxy) is 1. The summed E-state index contributed by atoms with van der Waals surface area (Å²) in [6.45, 7) is 2.23. The van der Waals surface area contributed by atoms with E-state index in [1.54, 1.807) is 24.3 Å². The number of aromatic nitrogens is 1. The SMILES string of the molecule is CCCOC(=O)c1cc(F)nc2ccccc12. The number of rotatable bonds is 3. The average Bonchev–Trinajstić information content (AvgIpc) is 2.34. The number of fused-ring (bicyclic) bond motifs is 1. The molecule has 88 valence electrons. The minimum absolute atomic E-state index is 0.224. The molecule has 0 bridgehead atoms. The van der Waals surface area contributed by atoms with E-state index in [9.17, 15) is 9.18 Å². The fraction of sp³-hybridized carbons (Fsp3) is 0.231. The molecule has 0 N–H and O–H groups in total. The normalized spacial score (nSPS) is 10.5. The summed E-state index contributed by atoms with van der Waals surface area (Å²) in [6, 6.07) is 8.02. The van der Waals surface area contributed by atoms with E-state index in [0.717, 1.165) is 12.5 Å². The number of hydrogen-bond acceptors (Lipinski definition) is 3. The van der Waals surface area contributed by atoms with Crippen LogP contribution in [0.5, 0.6) is 0 Å². The zero-order valence-corrected chi connectivity index (χ0v) is 9.44. The summed E-state index contributed by atoms with van der Waals surface area (Å²) in [6.07, 6.45) is 0.733. The predicted molar refractivity (Wildman–Crippen MR) is 62.3 cm³/mol. The molecular weight excluding hydrogens is 221 g/mol. The van der Waals surface area contributed by atoms with E-state index in [1.165, 1.54) is 0 Å². The van der Waals surface area contributed by atoms with Crippen molar-refractivity contribution in [3.8, 4) is 0 Å². The minimum atomic E-state index is -0.674. The van der Waals surface area contributed by atoms with E-state index >= 15 is 0 Å². The van der Waals surface area contributed by atoms with Crippen LogP contribution in [-0.2, 0) is 4.74 Å². The van der Waals surface area contributed by atoms with Gasteiger partial charge in [-0.05, 0) is 12.5 Å². The number of hydrogen-bond donors (Lipinski definition) is 0. The quantitative estimate of drug-likeness (QED) is 0.604. The lowest BCUT2D eigenvalue weighted by Crippen LogP contribution is -2.07. The molecule has 1 heterocycles. The highest BCUT2D eigenvalue weighted by Gasteiger charge is 2.13. The van der Waals surface area contributed by atoms with E-state index < -0.39 is 11.9 Å². The first-order chi connectivity index (χ1) is 8.22. The molecule has 0 saturated carbocycles. The Kier molecular flexibility index (Phi) is 3.32. The lowest BCUT2D eigenvalue weighted by molar-refractivity contribution is 0.0507. The molecule has 2 aromatic rings. The van der Waals surface area contributed by atoms with Gasteiger partial charge < -0.3 is 4.74 Å². The van der Waals surface area contributed by atoms with Gasteiger partial charge in [-0.1, -0.05) is 25.1 Å². The van der Waals surface area contributed by atoms with Crippen molar-refractivity contribution in [3.05, 3.63) is 41.8 Å². The minimum Gasteiger partial charge on any atom is -0.462 e. The van der Waals surface area contributed by atoms with Crippen molar-refractivity contribution in [1.82, 2.24) is 4.98 Å². The number of benzene rings is 1. The van der Waals surface area contributed by atoms with Crippen LogP contribution in [-0.4, -0.2) is 17.6 Å². The molecule has 0 radical (unpaired) electrons.